The molecule has 1 nitrogen and oxygen atoms in total. The van der Waals surface area contributed by atoms with Crippen molar-refractivity contribution >= 4 is 49.8 Å². The van der Waals surface area contributed by atoms with E-state index in [0.717, 1.165) is 28.7 Å². The van der Waals surface area contributed by atoms with Crippen LogP contribution in [-0.4, -0.2) is 5.78 Å². The zero-order chi connectivity index (χ0) is 22.1. The number of rotatable bonds is 4. The predicted octanol–water partition coefficient (Wildman–Crippen LogP) is 8.37. The van der Waals surface area contributed by atoms with Crippen molar-refractivity contribution < 1.29 is 13.6 Å². The van der Waals surface area contributed by atoms with Crippen molar-refractivity contribution in [1.29, 1.82) is 0 Å². The molecule has 0 amide bonds. The van der Waals surface area contributed by atoms with Crippen LogP contribution in [0.1, 0.15) is 51.2 Å². The minimum atomic E-state index is -0.334. The number of allylic oxidation sites excluding steroid dienone is 2. The van der Waals surface area contributed by atoms with E-state index >= 15 is 0 Å². The fourth-order valence-corrected chi connectivity index (χ4v) is 4.48. The summed E-state index contributed by atoms with van der Waals surface area (Å²) in [5, 5.41) is 0. The molecule has 0 heterocycles. The molecule has 1 saturated carbocycles. The number of benzene rings is 2. The first-order valence-electron chi connectivity index (χ1n) is 9.96. The zero-order valence-electron chi connectivity index (χ0n) is 17.2. The van der Waals surface area contributed by atoms with Gasteiger partial charge in [-0.25, -0.2) is 8.78 Å². The van der Waals surface area contributed by atoms with Gasteiger partial charge < -0.3 is 0 Å². The molecule has 158 valence electrons. The van der Waals surface area contributed by atoms with Crippen LogP contribution in [0.5, 0.6) is 0 Å². The van der Waals surface area contributed by atoms with Gasteiger partial charge in [0.2, 0.25) is 0 Å². The summed E-state index contributed by atoms with van der Waals surface area (Å²) in [6.07, 6.45) is 6.08. The summed E-state index contributed by atoms with van der Waals surface area (Å²) < 4.78 is 28.0. The molecule has 0 bridgehead atoms. The summed E-state index contributed by atoms with van der Waals surface area (Å²) in [6, 6.07) is 9.51. The van der Waals surface area contributed by atoms with Crippen molar-refractivity contribution in [3.05, 3.63) is 79.3 Å². The van der Waals surface area contributed by atoms with Crippen LogP contribution in [0.15, 0.2) is 56.5 Å². The van der Waals surface area contributed by atoms with E-state index < -0.39 is 0 Å². The lowest BCUT2D eigenvalue weighted by molar-refractivity contribution is -0.113. The first kappa shape index (κ1) is 23.1. The first-order valence-corrected chi connectivity index (χ1v) is 11.5. The minimum absolute atomic E-state index is 0.000882. The van der Waals surface area contributed by atoms with Gasteiger partial charge in [-0.1, -0.05) is 39.3 Å². The number of hydrogen-bond acceptors (Lipinski definition) is 1. The molecule has 2 aromatic carbocycles. The Bertz CT molecular complexity index is 964. The average Bonchev–Trinajstić information content (AvgIpc) is 2.70. The van der Waals surface area contributed by atoms with Gasteiger partial charge in [-0.15, -0.1) is 0 Å². The largest absolute Gasteiger partial charge is 0.289 e. The Hall–Kier alpha value is -1.59. The normalized spacial score (nSPS) is 20.2. The van der Waals surface area contributed by atoms with E-state index in [2.05, 4.69) is 52.6 Å². The van der Waals surface area contributed by atoms with Crippen LogP contribution in [0.25, 0.3) is 12.2 Å². The van der Waals surface area contributed by atoms with Gasteiger partial charge in [0.25, 0.3) is 0 Å². The second kappa shape index (κ2) is 9.27. The number of carbonyl (C=O) groups is 1. The fourth-order valence-electron chi connectivity index (χ4n) is 3.69. The van der Waals surface area contributed by atoms with Crippen LogP contribution < -0.4 is 0 Å². The molecule has 0 N–H and O–H groups in total. The van der Waals surface area contributed by atoms with Crippen LogP contribution in [-0.2, 0) is 4.79 Å². The number of hydrogen-bond donors (Lipinski definition) is 0. The topological polar surface area (TPSA) is 17.1 Å². The molecule has 0 aliphatic heterocycles. The molecule has 2 aromatic rings. The lowest BCUT2D eigenvalue weighted by atomic mass is 9.66. The van der Waals surface area contributed by atoms with E-state index in [9.17, 15) is 13.6 Å². The Morgan fingerprint density at radius 2 is 1.37 bits per heavy atom. The highest BCUT2D eigenvalue weighted by Crippen LogP contribution is 2.44. The van der Waals surface area contributed by atoms with Gasteiger partial charge in [-0.3, -0.25) is 4.79 Å². The fraction of sp³-hybridized carbons (Fsp3) is 0.320. The summed E-state index contributed by atoms with van der Waals surface area (Å²) in [5.41, 5.74) is 3.07. The van der Waals surface area contributed by atoms with E-state index in [1.54, 1.807) is 24.3 Å². The molecule has 0 atom stereocenters. The van der Waals surface area contributed by atoms with Gasteiger partial charge in [0.15, 0.2) is 5.78 Å². The van der Waals surface area contributed by atoms with E-state index in [4.69, 9.17) is 0 Å². The molecule has 5 heteroatoms. The minimum Gasteiger partial charge on any atom is -0.289 e. The van der Waals surface area contributed by atoms with E-state index in [1.807, 2.05) is 12.2 Å². The van der Waals surface area contributed by atoms with Gasteiger partial charge >= 0.3 is 0 Å². The third-order valence-electron chi connectivity index (χ3n) is 6.10. The SMILES string of the molecule is CCC(C)(C)C1C/C(=C\c2ccc(F)c(Br)c2)C(=O)/C(=C/c2ccc(F)c(Br)c2)C1. The lowest BCUT2D eigenvalue weighted by Crippen LogP contribution is -2.30. The summed E-state index contributed by atoms with van der Waals surface area (Å²) >= 11 is 6.43. The molecule has 0 unspecified atom stereocenters. The average molecular weight is 538 g/mol. The van der Waals surface area contributed by atoms with Crippen molar-refractivity contribution in [2.24, 2.45) is 11.3 Å². The third-order valence-corrected chi connectivity index (χ3v) is 7.32. The maximum Gasteiger partial charge on any atom is 0.185 e. The molecule has 1 fully saturated rings. The van der Waals surface area contributed by atoms with Crippen LogP contribution >= 0.6 is 31.9 Å². The van der Waals surface area contributed by atoms with Gasteiger partial charge in [0.05, 0.1) is 8.95 Å². The molecule has 0 spiro atoms. The molecule has 0 aromatic heterocycles. The maximum atomic E-state index is 13.6. The van der Waals surface area contributed by atoms with Crippen molar-refractivity contribution in [3.63, 3.8) is 0 Å². The number of Topliss-reactive ketones (excluding diaryl/α,β-unsaturated/α-hetero) is 1. The lowest BCUT2D eigenvalue weighted by Gasteiger charge is -2.37. The van der Waals surface area contributed by atoms with Gasteiger partial charge in [0, 0.05) is 11.1 Å². The van der Waals surface area contributed by atoms with Crippen molar-refractivity contribution in [1.82, 2.24) is 0 Å². The highest BCUT2D eigenvalue weighted by molar-refractivity contribution is 9.10. The van der Waals surface area contributed by atoms with E-state index in [-0.39, 0.29) is 22.8 Å². The second-order valence-corrected chi connectivity index (χ2v) is 10.2. The third kappa shape index (κ3) is 5.17. The Balaban J connectivity index is 2.04. The van der Waals surface area contributed by atoms with Crippen molar-refractivity contribution in [2.75, 3.05) is 0 Å². The molecule has 1 aliphatic carbocycles. The molecular formula is C25H24Br2F2O. The monoisotopic (exact) mass is 536 g/mol. The molecular weight excluding hydrogens is 514 g/mol. The van der Waals surface area contributed by atoms with Gasteiger partial charge in [-0.2, -0.15) is 0 Å². The van der Waals surface area contributed by atoms with Crippen LogP contribution in [0.2, 0.25) is 0 Å². The quantitative estimate of drug-likeness (QED) is 0.358. The number of halogens is 4. The molecule has 0 saturated heterocycles. The summed E-state index contributed by atoms with van der Waals surface area (Å²) in [7, 11) is 0. The summed E-state index contributed by atoms with van der Waals surface area (Å²) in [5.74, 6) is -0.372. The predicted molar refractivity (Wildman–Crippen MR) is 126 cm³/mol. The van der Waals surface area contributed by atoms with Crippen LogP contribution in [0.3, 0.4) is 0 Å². The Kier molecular flexibility index (Phi) is 7.13. The Morgan fingerprint density at radius 1 is 0.933 bits per heavy atom. The van der Waals surface area contributed by atoms with E-state index in [0.29, 0.717) is 27.7 Å². The van der Waals surface area contributed by atoms with Crippen molar-refractivity contribution in [2.45, 2.75) is 40.0 Å². The summed E-state index contributed by atoms with van der Waals surface area (Å²) in [4.78, 5) is 13.3. The van der Waals surface area contributed by atoms with Gasteiger partial charge in [0.1, 0.15) is 11.6 Å². The number of carbonyl (C=O) groups excluding carboxylic acids is 1. The molecule has 0 radical (unpaired) electrons. The smallest absolute Gasteiger partial charge is 0.185 e. The molecule has 30 heavy (non-hydrogen) atoms. The zero-order valence-corrected chi connectivity index (χ0v) is 20.4. The Labute approximate surface area is 193 Å². The molecule has 1 aliphatic rings. The van der Waals surface area contributed by atoms with E-state index in [1.165, 1.54) is 12.1 Å². The Morgan fingerprint density at radius 3 is 1.73 bits per heavy atom. The van der Waals surface area contributed by atoms with Crippen LogP contribution in [0, 0.1) is 23.0 Å². The second-order valence-electron chi connectivity index (χ2n) is 8.46. The van der Waals surface area contributed by atoms with Crippen LogP contribution in [0.4, 0.5) is 8.78 Å². The maximum absolute atomic E-state index is 13.6. The summed E-state index contributed by atoms with van der Waals surface area (Å²) in [6.45, 7) is 6.62. The highest BCUT2D eigenvalue weighted by Gasteiger charge is 2.36. The number of ketones is 1. The van der Waals surface area contributed by atoms with Crippen molar-refractivity contribution in [3.8, 4) is 0 Å². The highest BCUT2D eigenvalue weighted by atomic mass is 79.9. The first-order chi connectivity index (χ1) is 14.1. The van der Waals surface area contributed by atoms with Gasteiger partial charge in [-0.05, 0) is 104 Å². The standard InChI is InChI=1S/C25H24Br2F2O/c1-4-25(2,3)19-13-17(9-15-5-7-22(28)20(26)11-15)24(30)18(14-19)10-16-6-8-23(29)21(27)12-16/h5-12,19H,4,13-14H2,1-3H3/b17-9+,18-10+. The molecule has 3 rings (SSSR count).